The van der Waals surface area contributed by atoms with E-state index in [2.05, 4.69) is 15.5 Å². The molecule has 6 N–H and O–H groups in total. The van der Waals surface area contributed by atoms with Gasteiger partial charge in [0, 0.05) is 50.1 Å². The number of carbonyl (C=O) groups excluding carboxylic acids is 2. The Hall–Kier alpha value is -3.80. The van der Waals surface area contributed by atoms with Gasteiger partial charge in [-0.15, -0.1) is 0 Å². The van der Waals surface area contributed by atoms with Gasteiger partial charge in [0.15, 0.2) is 6.29 Å². The van der Waals surface area contributed by atoms with Crippen LogP contribution in [0.4, 0.5) is 17.1 Å². The van der Waals surface area contributed by atoms with E-state index in [4.69, 9.17) is 15.2 Å². The molecule has 10 nitrogen and oxygen atoms in total. The first-order valence-corrected chi connectivity index (χ1v) is 15.8. The fourth-order valence-corrected chi connectivity index (χ4v) is 5.86. The van der Waals surface area contributed by atoms with Crippen LogP contribution in [0.2, 0.25) is 0 Å². The first-order chi connectivity index (χ1) is 21.9. The van der Waals surface area contributed by atoms with Crippen molar-refractivity contribution in [3.8, 4) is 0 Å². The third kappa shape index (κ3) is 9.59. The van der Waals surface area contributed by atoms with Crippen LogP contribution in [0.25, 0.3) is 0 Å². The molecule has 0 aliphatic carbocycles. The molecular weight excluding hydrogens is 572 g/mol. The number of nitrogens with one attached hydrogen (secondary N) is 2. The quantitative estimate of drug-likeness (QED) is 0.135. The molecule has 0 saturated carbocycles. The van der Waals surface area contributed by atoms with Crippen LogP contribution in [0.3, 0.4) is 0 Å². The van der Waals surface area contributed by atoms with Crippen LogP contribution in [0.15, 0.2) is 72.8 Å². The van der Waals surface area contributed by atoms with Crippen molar-refractivity contribution in [3.05, 3.63) is 89.5 Å². The zero-order valence-corrected chi connectivity index (χ0v) is 25.6. The second-order valence-corrected chi connectivity index (χ2v) is 11.9. The average Bonchev–Trinajstić information content (AvgIpc) is 3.46. The number of likely N-dealkylation sites (tertiary alicyclic amines) is 1. The lowest BCUT2D eigenvalue weighted by Gasteiger charge is -2.38. The van der Waals surface area contributed by atoms with Gasteiger partial charge < -0.3 is 36.1 Å². The van der Waals surface area contributed by atoms with Gasteiger partial charge in [0.05, 0.1) is 36.3 Å². The molecule has 3 aromatic carbocycles. The number of para-hydroxylation sites is 2. The first-order valence-electron chi connectivity index (χ1n) is 15.8. The summed E-state index contributed by atoms with van der Waals surface area (Å²) in [6.45, 7) is 2.15. The summed E-state index contributed by atoms with van der Waals surface area (Å²) < 4.78 is 12.9. The Labute approximate surface area is 264 Å². The molecule has 2 heterocycles. The number of benzene rings is 3. The van der Waals surface area contributed by atoms with E-state index < -0.39 is 6.29 Å². The van der Waals surface area contributed by atoms with Gasteiger partial charge in [-0.05, 0) is 54.7 Å². The number of carbonyl (C=O) groups is 2. The van der Waals surface area contributed by atoms with Crippen molar-refractivity contribution in [1.82, 2.24) is 4.90 Å². The van der Waals surface area contributed by atoms with Crippen LogP contribution in [0.1, 0.15) is 74.0 Å². The number of hydrogen-bond acceptors (Lipinski definition) is 8. The van der Waals surface area contributed by atoms with Gasteiger partial charge in [-0.2, -0.15) is 0 Å². The van der Waals surface area contributed by atoms with Gasteiger partial charge in [-0.3, -0.25) is 14.5 Å². The molecule has 2 fully saturated rings. The number of aliphatic hydroxyl groups is 2. The van der Waals surface area contributed by atoms with Crippen LogP contribution in [-0.4, -0.2) is 58.8 Å². The Balaban J connectivity index is 1.13. The molecule has 5 rings (SSSR count). The van der Waals surface area contributed by atoms with Gasteiger partial charge in [-0.1, -0.05) is 55.0 Å². The van der Waals surface area contributed by atoms with Crippen molar-refractivity contribution in [2.75, 3.05) is 36.0 Å². The van der Waals surface area contributed by atoms with Gasteiger partial charge in [0.1, 0.15) is 0 Å². The maximum Gasteiger partial charge on any atom is 0.224 e. The van der Waals surface area contributed by atoms with Crippen LogP contribution >= 0.6 is 0 Å². The monoisotopic (exact) mass is 616 g/mol. The van der Waals surface area contributed by atoms with Crippen LogP contribution in [-0.2, 0) is 25.7 Å². The standard InChI is InChI=1S/C35H44N4O6/c36-30-9-4-5-10-31(30)38-34(43)12-3-1-2-11-33(42)37-27-8-6-7-26(19-27)35-44-29(22-39-18-17-28(41)21-39)20-32(45-35)25-15-13-24(23-40)14-16-25/h4-10,13-16,19,28-29,32,35,40-41H,1-3,11-12,17-18,20-23,36H2,(H,37,42)(H,38,43)/t28-,29-,32+,35+/m0/s1. The second-order valence-electron chi connectivity index (χ2n) is 11.9. The highest BCUT2D eigenvalue weighted by molar-refractivity contribution is 5.93. The van der Waals surface area contributed by atoms with E-state index in [-0.39, 0.29) is 36.7 Å². The largest absolute Gasteiger partial charge is 0.397 e. The van der Waals surface area contributed by atoms with Gasteiger partial charge in [0.2, 0.25) is 11.8 Å². The minimum Gasteiger partial charge on any atom is -0.397 e. The molecule has 4 atom stereocenters. The zero-order valence-electron chi connectivity index (χ0n) is 25.6. The summed E-state index contributed by atoms with van der Waals surface area (Å²) in [7, 11) is 0. The second kappa shape index (κ2) is 16.0. The number of β-amino-alcohol motifs (C(OH)–C–C–N with tert-alkyl or cyclic N) is 1. The third-order valence-corrected chi connectivity index (χ3v) is 8.31. The summed E-state index contributed by atoms with van der Waals surface area (Å²) in [4.78, 5) is 27.2. The number of nitrogens with zero attached hydrogens (tertiary/aromatic N) is 1. The molecule has 2 amide bonds. The van der Waals surface area contributed by atoms with E-state index in [1.165, 1.54) is 0 Å². The molecule has 0 unspecified atom stereocenters. The maximum atomic E-state index is 12.7. The molecule has 0 spiro atoms. The highest BCUT2D eigenvalue weighted by Gasteiger charge is 2.34. The van der Waals surface area contributed by atoms with Crippen LogP contribution in [0.5, 0.6) is 0 Å². The Bertz CT molecular complexity index is 1420. The smallest absolute Gasteiger partial charge is 0.224 e. The SMILES string of the molecule is Nc1ccccc1NC(=O)CCCCCC(=O)Nc1cccc([C@@H]2O[C@H](CN3CC[C@H](O)C3)C[C@H](c3ccc(CO)cc3)O2)c1. The van der Waals surface area contributed by atoms with Crippen molar-refractivity contribution < 1.29 is 29.3 Å². The molecule has 3 aromatic rings. The average molecular weight is 617 g/mol. The van der Waals surface area contributed by atoms with Gasteiger partial charge >= 0.3 is 0 Å². The van der Waals surface area contributed by atoms with Gasteiger partial charge in [-0.25, -0.2) is 0 Å². The molecular formula is C35H44N4O6. The van der Waals surface area contributed by atoms with Gasteiger partial charge in [0.25, 0.3) is 0 Å². The molecule has 2 aliphatic rings. The first kappa shape index (κ1) is 32.6. The third-order valence-electron chi connectivity index (χ3n) is 8.31. The van der Waals surface area contributed by atoms with E-state index in [0.717, 1.165) is 36.1 Å². The topological polar surface area (TPSA) is 146 Å². The maximum absolute atomic E-state index is 12.7. The minimum absolute atomic E-state index is 0.0161. The molecule has 0 aromatic heterocycles. The molecule has 240 valence electrons. The van der Waals surface area contributed by atoms with Crippen LogP contribution < -0.4 is 16.4 Å². The molecule has 45 heavy (non-hydrogen) atoms. The number of nitrogen functional groups attached to an aromatic ring is 1. The Morgan fingerprint density at radius 1 is 0.889 bits per heavy atom. The summed E-state index contributed by atoms with van der Waals surface area (Å²) in [6, 6.07) is 22.5. The lowest BCUT2D eigenvalue weighted by molar-refractivity contribution is -0.252. The van der Waals surface area contributed by atoms with E-state index in [1.54, 1.807) is 12.1 Å². The number of aliphatic hydroxyl groups excluding tert-OH is 2. The summed E-state index contributed by atoms with van der Waals surface area (Å²) in [5.41, 5.74) is 10.4. The van der Waals surface area contributed by atoms with Crippen molar-refractivity contribution >= 4 is 28.9 Å². The number of rotatable bonds is 13. The predicted molar refractivity (Wildman–Crippen MR) is 173 cm³/mol. The van der Waals surface area contributed by atoms with Crippen LogP contribution in [0, 0.1) is 0 Å². The lowest BCUT2D eigenvalue weighted by Crippen LogP contribution is -2.38. The number of amides is 2. The Kier molecular flexibility index (Phi) is 11.6. The Morgan fingerprint density at radius 3 is 2.36 bits per heavy atom. The predicted octanol–water partition coefficient (Wildman–Crippen LogP) is 4.90. The fourth-order valence-electron chi connectivity index (χ4n) is 5.86. The molecule has 2 aliphatic heterocycles. The van der Waals surface area contributed by atoms with E-state index in [1.807, 2.05) is 60.7 Å². The summed E-state index contributed by atoms with van der Waals surface area (Å²) >= 11 is 0. The number of ether oxygens (including phenoxy) is 2. The highest BCUT2D eigenvalue weighted by Crippen LogP contribution is 2.39. The summed E-state index contributed by atoms with van der Waals surface area (Å²) in [5, 5.41) is 25.3. The number of anilines is 3. The zero-order chi connectivity index (χ0) is 31.6. The normalized spacial score (nSPS) is 21.8. The number of hydrogen-bond donors (Lipinski definition) is 5. The molecule has 2 saturated heterocycles. The fraction of sp³-hybridized carbons (Fsp3) is 0.429. The number of unbranched alkanes of at least 4 members (excludes halogenated alkanes) is 2. The van der Waals surface area contributed by atoms with Crippen molar-refractivity contribution in [2.45, 2.75) is 76.2 Å². The van der Waals surface area contributed by atoms with Crippen molar-refractivity contribution in [3.63, 3.8) is 0 Å². The van der Waals surface area contributed by atoms with Crippen molar-refractivity contribution in [2.24, 2.45) is 0 Å². The molecule has 10 heteroatoms. The van der Waals surface area contributed by atoms with E-state index in [9.17, 15) is 19.8 Å². The molecule has 0 radical (unpaired) electrons. The molecule has 0 bridgehead atoms. The summed E-state index contributed by atoms with van der Waals surface area (Å²) in [5.74, 6) is -0.183. The lowest BCUT2D eigenvalue weighted by atomic mass is 9.99. The summed E-state index contributed by atoms with van der Waals surface area (Å²) in [6.07, 6.45) is 3.00. The minimum atomic E-state index is -0.631. The Morgan fingerprint density at radius 2 is 1.64 bits per heavy atom. The highest BCUT2D eigenvalue weighted by atomic mass is 16.7. The van der Waals surface area contributed by atoms with E-state index >= 15 is 0 Å². The van der Waals surface area contributed by atoms with E-state index in [0.29, 0.717) is 62.3 Å². The van der Waals surface area contributed by atoms with Crippen molar-refractivity contribution in [1.29, 1.82) is 0 Å². The number of nitrogens with two attached hydrogens (primary N) is 1.